The molecule has 0 aromatic carbocycles. The van der Waals surface area contributed by atoms with Crippen molar-refractivity contribution >= 4 is 5.91 Å². The Labute approximate surface area is 139 Å². The number of carbonyl (C=O) groups is 1. The average Bonchev–Trinajstić information content (AvgIpc) is 2.56. The molecule has 2 fully saturated rings. The van der Waals surface area contributed by atoms with Gasteiger partial charge in [0.25, 0.3) is 0 Å². The molecule has 3 heterocycles. The lowest BCUT2D eigenvalue weighted by Gasteiger charge is -2.41. The van der Waals surface area contributed by atoms with Gasteiger partial charge >= 0.3 is 0 Å². The number of hydrogen-bond acceptors (Lipinski definition) is 4. The molecular formula is C18H28N4O. The van der Waals surface area contributed by atoms with Gasteiger partial charge in [0.15, 0.2) is 0 Å². The van der Waals surface area contributed by atoms with E-state index in [-0.39, 0.29) is 11.9 Å². The summed E-state index contributed by atoms with van der Waals surface area (Å²) < 4.78 is 0. The van der Waals surface area contributed by atoms with Gasteiger partial charge in [-0.05, 0) is 43.4 Å². The maximum absolute atomic E-state index is 13.3. The maximum atomic E-state index is 13.3. The lowest BCUT2D eigenvalue weighted by Crippen LogP contribution is -2.54. The van der Waals surface area contributed by atoms with Crippen LogP contribution in [0.2, 0.25) is 0 Å². The predicted octanol–water partition coefficient (Wildman–Crippen LogP) is 1.67. The molecule has 126 valence electrons. The molecule has 5 nitrogen and oxygen atoms in total. The summed E-state index contributed by atoms with van der Waals surface area (Å²) >= 11 is 0. The molecular weight excluding hydrogens is 288 g/mol. The number of nitrogens with zero attached hydrogens (tertiary/aromatic N) is 3. The van der Waals surface area contributed by atoms with E-state index in [1.807, 2.05) is 12.1 Å². The van der Waals surface area contributed by atoms with Crippen LogP contribution in [0.4, 0.5) is 0 Å². The van der Waals surface area contributed by atoms with Crippen molar-refractivity contribution in [2.45, 2.75) is 38.8 Å². The van der Waals surface area contributed by atoms with Crippen LogP contribution >= 0.6 is 0 Å². The Morgan fingerprint density at radius 1 is 1.26 bits per heavy atom. The lowest BCUT2D eigenvalue weighted by molar-refractivity contribution is -0.139. The Balaban J connectivity index is 1.84. The molecule has 2 saturated heterocycles. The topological polar surface area (TPSA) is 48.5 Å². The Morgan fingerprint density at radius 3 is 2.74 bits per heavy atom. The smallest absolute Gasteiger partial charge is 0.244 e. The first-order chi connectivity index (χ1) is 11.1. The number of likely N-dealkylation sites (tertiary alicyclic amines) is 1. The lowest BCUT2D eigenvalue weighted by atomic mass is 9.97. The van der Waals surface area contributed by atoms with Crippen molar-refractivity contribution in [3.63, 3.8) is 0 Å². The van der Waals surface area contributed by atoms with Crippen LogP contribution in [0.15, 0.2) is 24.5 Å². The van der Waals surface area contributed by atoms with Gasteiger partial charge < -0.3 is 10.2 Å². The summed E-state index contributed by atoms with van der Waals surface area (Å²) in [5.41, 5.74) is 1.07. The van der Waals surface area contributed by atoms with Crippen LogP contribution in [0.25, 0.3) is 0 Å². The zero-order valence-electron chi connectivity index (χ0n) is 14.2. The highest BCUT2D eigenvalue weighted by atomic mass is 16.2. The van der Waals surface area contributed by atoms with Crippen molar-refractivity contribution in [3.05, 3.63) is 30.1 Å². The summed E-state index contributed by atoms with van der Waals surface area (Å²) in [6.45, 7) is 8.96. The molecule has 3 atom stereocenters. The molecule has 0 aliphatic carbocycles. The van der Waals surface area contributed by atoms with Crippen molar-refractivity contribution in [2.24, 2.45) is 5.92 Å². The first-order valence-electron chi connectivity index (χ1n) is 8.81. The Morgan fingerprint density at radius 2 is 2.04 bits per heavy atom. The van der Waals surface area contributed by atoms with Crippen molar-refractivity contribution in [1.29, 1.82) is 0 Å². The molecule has 0 saturated carbocycles. The van der Waals surface area contributed by atoms with Gasteiger partial charge in [0, 0.05) is 51.2 Å². The van der Waals surface area contributed by atoms with Gasteiger partial charge in [0.1, 0.15) is 6.04 Å². The second kappa shape index (κ2) is 7.41. The van der Waals surface area contributed by atoms with Crippen molar-refractivity contribution in [2.75, 3.05) is 32.7 Å². The number of pyridine rings is 1. The quantitative estimate of drug-likeness (QED) is 0.922. The van der Waals surface area contributed by atoms with E-state index < -0.39 is 0 Å². The van der Waals surface area contributed by atoms with Crippen LogP contribution < -0.4 is 5.32 Å². The van der Waals surface area contributed by atoms with E-state index in [0.29, 0.717) is 12.0 Å². The summed E-state index contributed by atoms with van der Waals surface area (Å²) in [7, 11) is 0. The number of piperidine rings is 1. The molecule has 3 rings (SSSR count). The number of rotatable bonds is 3. The molecule has 1 aromatic rings. The van der Waals surface area contributed by atoms with Crippen LogP contribution in [0.1, 0.15) is 38.3 Å². The number of piperazine rings is 1. The zero-order chi connectivity index (χ0) is 16.2. The van der Waals surface area contributed by atoms with Gasteiger partial charge in [0.2, 0.25) is 5.91 Å². The second-order valence-electron chi connectivity index (χ2n) is 7.06. The second-order valence-corrected chi connectivity index (χ2v) is 7.06. The molecule has 0 bridgehead atoms. The van der Waals surface area contributed by atoms with E-state index in [0.717, 1.165) is 44.7 Å². The molecule has 1 amide bonds. The molecule has 1 N–H and O–H groups in total. The largest absolute Gasteiger partial charge is 0.341 e. The number of amides is 1. The fraction of sp³-hybridized carbons (Fsp3) is 0.667. The normalized spacial score (nSPS) is 27.7. The van der Waals surface area contributed by atoms with Gasteiger partial charge in [-0.25, -0.2) is 0 Å². The highest BCUT2D eigenvalue weighted by molar-refractivity contribution is 5.83. The maximum Gasteiger partial charge on any atom is 0.244 e. The highest BCUT2D eigenvalue weighted by Gasteiger charge is 2.34. The van der Waals surface area contributed by atoms with Gasteiger partial charge in [-0.1, -0.05) is 6.92 Å². The SMILES string of the molecule is CC1CCCN(C(=O)C(c2ccncc2)N2CCNC(C)C2)C1. The van der Waals surface area contributed by atoms with Gasteiger partial charge in [0.05, 0.1) is 0 Å². The molecule has 1 aromatic heterocycles. The van der Waals surface area contributed by atoms with Crippen LogP contribution in [-0.2, 0) is 4.79 Å². The third kappa shape index (κ3) is 3.90. The van der Waals surface area contributed by atoms with E-state index in [2.05, 4.69) is 33.9 Å². The minimum Gasteiger partial charge on any atom is -0.341 e. The number of hydrogen-bond donors (Lipinski definition) is 1. The minimum atomic E-state index is -0.173. The van der Waals surface area contributed by atoms with E-state index in [1.165, 1.54) is 6.42 Å². The number of carbonyl (C=O) groups excluding carboxylic acids is 1. The zero-order valence-corrected chi connectivity index (χ0v) is 14.2. The summed E-state index contributed by atoms with van der Waals surface area (Å²) in [6.07, 6.45) is 5.93. The minimum absolute atomic E-state index is 0.173. The fourth-order valence-corrected chi connectivity index (χ4v) is 3.81. The summed E-state index contributed by atoms with van der Waals surface area (Å²) in [5, 5.41) is 3.46. The van der Waals surface area contributed by atoms with Gasteiger partial charge in [-0.2, -0.15) is 0 Å². The molecule has 0 radical (unpaired) electrons. The summed E-state index contributed by atoms with van der Waals surface area (Å²) in [5.74, 6) is 0.865. The number of nitrogens with one attached hydrogen (secondary N) is 1. The van der Waals surface area contributed by atoms with Crippen LogP contribution in [-0.4, -0.2) is 59.5 Å². The van der Waals surface area contributed by atoms with Crippen molar-refractivity contribution < 1.29 is 4.79 Å². The van der Waals surface area contributed by atoms with Crippen LogP contribution in [0.3, 0.4) is 0 Å². The number of aromatic nitrogens is 1. The monoisotopic (exact) mass is 316 g/mol. The standard InChI is InChI=1S/C18H28N4O/c1-14-4-3-10-22(12-14)18(23)17(16-5-7-19-8-6-16)21-11-9-20-15(2)13-21/h5-8,14-15,17,20H,3-4,9-13H2,1-2H3. The highest BCUT2D eigenvalue weighted by Crippen LogP contribution is 2.26. The van der Waals surface area contributed by atoms with Crippen molar-refractivity contribution in [1.82, 2.24) is 20.1 Å². The Bertz CT molecular complexity index is 521. The molecule has 2 aliphatic rings. The molecule has 5 heteroatoms. The van der Waals surface area contributed by atoms with E-state index in [9.17, 15) is 4.79 Å². The first kappa shape index (κ1) is 16.4. The van der Waals surface area contributed by atoms with Gasteiger partial charge in [-0.3, -0.25) is 14.7 Å². The molecule has 3 unspecified atom stereocenters. The summed E-state index contributed by atoms with van der Waals surface area (Å²) in [4.78, 5) is 21.8. The van der Waals surface area contributed by atoms with Crippen molar-refractivity contribution in [3.8, 4) is 0 Å². The molecule has 2 aliphatic heterocycles. The molecule has 0 spiro atoms. The Kier molecular flexibility index (Phi) is 5.28. The van der Waals surface area contributed by atoms with Crippen LogP contribution in [0, 0.1) is 5.92 Å². The Hall–Kier alpha value is -1.46. The van der Waals surface area contributed by atoms with E-state index in [1.54, 1.807) is 12.4 Å². The van der Waals surface area contributed by atoms with Gasteiger partial charge in [-0.15, -0.1) is 0 Å². The van der Waals surface area contributed by atoms with E-state index in [4.69, 9.17) is 0 Å². The van der Waals surface area contributed by atoms with E-state index >= 15 is 0 Å². The third-order valence-electron chi connectivity index (χ3n) is 4.99. The third-order valence-corrected chi connectivity index (χ3v) is 4.99. The fourth-order valence-electron chi connectivity index (χ4n) is 3.81. The summed E-state index contributed by atoms with van der Waals surface area (Å²) in [6, 6.07) is 4.22. The molecule has 23 heavy (non-hydrogen) atoms. The predicted molar refractivity (Wildman–Crippen MR) is 91.0 cm³/mol. The average molecular weight is 316 g/mol. The first-order valence-corrected chi connectivity index (χ1v) is 8.81. The van der Waals surface area contributed by atoms with Crippen LogP contribution in [0.5, 0.6) is 0 Å².